The van der Waals surface area contributed by atoms with Crippen molar-refractivity contribution in [3.05, 3.63) is 67.3 Å². The fourth-order valence-corrected chi connectivity index (χ4v) is 4.73. The molecule has 1 aliphatic carbocycles. The van der Waals surface area contributed by atoms with Crippen LogP contribution >= 0.6 is 22.6 Å². The van der Waals surface area contributed by atoms with Crippen LogP contribution < -0.4 is 35.1 Å². The summed E-state index contributed by atoms with van der Waals surface area (Å²) in [4.78, 5) is 26.8. The topological polar surface area (TPSA) is 140 Å². The highest BCUT2D eigenvalue weighted by molar-refractivity contribution is 14.1. The number of carbonyl (C=O) groups excluding carboxylic acids is 1. The first-order valence-electron chi connectivity index (χ1n) is 11.8. The molecule has 4 rings (SSSR count). The van der Waals surface area contributed by atoms with Crippen LogP contribution in [0.2, 0.25) is 0 Å². The third-order valence-electron chi connectivity index (χ3n) is 5.99. The van der Waals surface area contributed by atoms with Crippen molar-refractivity contribution < 1.29 is 27.1 Å². The van der Waals surface area contributed by atoms with Gasteiger partial charge in [-0.2, -0.15) is 8.42 Å². The van der Waals surface area contributed by atoms with Gasteiger partial charge in [0, 0.05) is 29.8 Å². The van der Waals surface area contributed by atoms with E-state index in [1.165, 1.54) is 63.0 Å². The Hall–Kier alpha value is -3.37. The van der Waals surface area contributed by atoms with Crippen molar-refractivity contribution in [1.29, 1.82) is 0 Å². The van der Waals surface area contributed by atoms with Crippen molar-refractivity contribution in [1.82, 2.24) is 14.6 Å². The molecular weight excluding hydrogens is 644 g/mol. The molecule has 39 heavy (non-hydrogen) atoms. The molecule has 0 atom stereocenters. The number of methoxy groups -OCH3 is 1. The van der Waals surface area contributed by atoms with Crippen LogP contribution in [-0.4, -0.2) is 39.1 Å². The van der Waals surface area contributed by atoms with Gasteiger partial charge < -0.3 is 20.1 Å². The zero-order chi connectivity index (χ0) is 28.5. The third kappa shape index (κ3) is 6.45. The van der Waals surface area contributed by atoms with Crippen molar-refractivity contribution >= 4 is 55.9 Å². The predicted molar refractivity (Wildman–Crippen MR) is 154 cm³/mol. The summed E-state index contributed by atoms with van der Waals surface area (Å²) >= 11 is 1.98. The van der Waals surface area contributed by atoms with Crippen LogP contribution in [0.15, 0.2) is 41.2 Å². The number of pyridine rings is 1. The van der Waals surface area contributed by atoms with E-state index in [0.29, 0.717) is 3.57 Å². The summed E-state index contributed by atoms with van der Waals surface area (Å²) in [5.41, 5.74) is -0.0775. The van der Waals surface area contributed by atoms with Gasteiger partial charge in [0.05, 0.1) is 24.0 Å². The maximum absolute atomic E-state index is 14.8. The molecule has 0 radical (unpaired) electrons. The lowest BCUT2D eigenvalue weighted by Gasteiger charge is -2.22. The lowest BCUT2D eigenvalue weighted by atomic mass is 10.1. The van der Waals surface area contributed by atoms with Gasteiger partial charge in [-0.05, 0) is 72.7 Å². The van der Waals surface area contributed by atoms with E-state index in [-0.39, 0.29) is 51.6 Å². The molecule has 1 aromatic heterocycles. The van der Waals surface area contributed by atoms with Gasteiger partial charge in [0.15, 0.2) is 17.2 Å². The minimum Gasteiger partial charge on any atom is -0.493 e. The van der Waals surface area contributed by atoms with E-state index in [9.17, 15) is 22.4 Å². The zero-order valence-corrected chi connectivity index (χ0v) is 24.5. The number of rotatable bonds is 10. The van der Waals surface area contributed by atoms with Crippen LogP contribution in [0, 0.1) is 16.3 Å². The van der Waals surface area contributed by atoms with Crippen molar-refractivity contribution in [3.63, 3.8) is 0 Å². The second-order valence-corrected chi connectivity index (χ2v) is 11.7. The first-order chi connectivity index (χ1) is 18.4. The molecule has 3 aromatic rings. The lowest BCUT2D eigenvalue weighted by Crippen LogP contribution is -2.31. The third-order valence-corrected chi connectivity index (χ3v) is 7.70. The van der Waals surface area contributed by atoms with Crippen molar-refractivity contribution in [2.75, 3.05) is 24.2 Å². The molecule has 11 nitrogen and oxygen atoms in total. The molecule has 0 unspecified atom stereocenters. The number of nitrogens with one attached hydrogen (secondary N) is 4. The van der Waals surface area contributed by atoms with Crippen molar-refractivity contribution in [2.45, 2.75) is 25.8 Å². The molecule has 208 valence electrons. The summed E-state index contributed by atoms with van der Waals surface area (Å²) in [5, 5.41) is 5.81. The van der Waals surface area contributed by atoms with E-state index in [0.717, 1.165) is 12.8 Å². The molecule has 0 saturated heterocycles. The van der Waals surface area contributed by atoms with Crippen molar-refractivity contribution in [2.24, 2.45) is 7.05 Å². The number of hydrogen-bond acceptors (Lipinski definition) is 7. The summed E-state index contributed by atoms with van der Waals surface area (Å²) < 4.78 is 56.5. The highest BCUT2D eigenvalue weighted by Gasteiger charge is 2.31. The first-order valence-corrected chi connectivity index (χ1v) is 14.3. The number of amides is 1. The van der Waals surface area contributed by atoms with Crippen LogP contribution in [-0.2, 0) is 17.3 Å². The fraction of sp³-hybridized carbons (Fsp3) is 0.280. The molecule has 1 heterocycles. The Morgan fingerprint density at radius 2 is 1.87 bits per heavy atom. The van der Waals surface area contributed by atoms with Crippen LogP contribution in [0.5, 0.6) is 17.2 Å². The monoisotopic (exact) mass is 671 g/mol. The second-order valence-electron chi connectivity index (χ2n) is 8.82. The van der Waals surface area contributed by atoms with Crippen molar-refractivity contribution in [3.8, 4) is 17.2 Å². The number of halogens is 2. The van der Waals surface area contributed by atoms with E-state index in [1.807, 2.05) is 22.6 Å². The standard InChI is InChI=1S/C25H27FIN5O6S/c1-13-22(38-19-10-8-16(12-20(19)37-4)31-39(35,36)28-2)21(24(33)29-15-6-7-15)23(32(3)25(13)34)30-18-9-5-14(27)11-17(18)26/h5,8-12,15,28,30-31H,6-7H2,1-4H3,(H,29,33). The summed E-state index contributed by atoms with van der Waals surface area (Å²) in [5.74, 6) is -0.821. The molecule has 1 aliphatic rings. The number of ether oxygens (including phenoxy) is 2. The summed E-state index contributed by atoms with van der Waals surface area (Å²) in [6.07, 6.45) is 1.64. The quantitative estimate of drug-likeness (QED) is 0.241. The highest BCUT2D eigenvalue weighted by Crippen LogP contribution is 2.39. The number of hydrogen-bond donors (Lipinski definition) is 4. The Labute approximate surface area is 238 Å². The van der Waals surface area contributed by atoms with E-state index in [1.54, 1.807) is 6.07 Å². The Balaban J connectivity index is 1.85. The minimum atomic E-state index is -3.78. The average molecular weight is 671 g/mol. The van der Waals surface area contributed by atoms with Gasteiger partial charge in [0.1, 0.15) is 17.2 Å². The number of carbonyl (C=O) groups is 1. The molecule has 14 heteroatoms. The zero-order valence-electron chi connectivity index (χ0n) is 21.5. The molecule has 1 amide bonds. The smallest absolute Gasteiger partial charge is 0.298 e. The SMILES string of the molecule is CNS(=O)(=O)Nc1ccc(Oc2c(C(=O)NC3CC3)c(Nc3ccc(I)cc3F)n(C)c(=O)c2C)c(OC)c1. The highest BCUT2D eigenvalue weighted by atomic mass is 127. The predicted octanol–water partition coefficient (Wildman–Crippen LogP) is 3.75. The van der Waals surface area contributed by atoms with E-state index >= 15 is 0 Å². The Kier molecular flexibility index (Phi) is 8.37. The Morgan fingerprint density at radius 3 is 2.49 bits per heavy atom. The number of benzene rings is 2. The summed E-state index contributed by atoms with van der Waals surface area (Å²) in [7, 11) is 0.316. The van der Waals surface area contributed by atoms with Gasteiger partial charge in [-0.25, -0.2) is 9.11 Å². The van der Waals surface area contributed by atoms with Crippen LogP contribution in [0.3, 0.4) is 0 Å². The van der Waals surface area contributed by atoms with Gasteiger partial charge in [-0.3, -0.25) is 18.9 Å². The van der Waals surface area contributed by atoms with Gasteiger partial charge in [0.25, 0.3) is 21.7 Å². The molecule has 0 aliphatic heterocycles. The van der Waals surface area contributed by atoms with Crippen LogP contribution in [0.4, 0.5) is 21.6 Å². The molecule has 0 spiro atoms. The Morgan fingerprint density at radius 1 is 1.15 bits per heavy atom. The van der Waals surface area contributed by atoms with E-state index in [4.69, 9.17) is 9.47 Å². The normalized spacial score (nSPS) is 13.1. The molecule has 1 saturated carbocycles. The van der Waals surface area contributed by atoms with Gasteiger partial charge in [0.2, 0.25) is 0 Å². The lowest BCUT2D eigenvalue weighted by molar-refractivity contribution is 0.0948. The first kappa shape index (κ1) is 28.6. The average Bonchev–Trinajstić information content (AvgIpc) is 3.71. The fourth-order valence-electron chi connectivity index (χ4n) is 3.73. The number of aromatic nitrogens is 1. The van der Waals surface area contributed by atoms with Gasteiger partial charge in [-0.15, -0.1) is 0 Å². The molecular formula is C25H27FIN5O6S. The number of anilines is 3. The number of nitrogens with zero attached hydrogens (tertiary/aromatic N) is 1. The van der Waals surface area contributed by atoms with Gasteiger partial charge >= 0.3 is 0 Å². The van der Waals surface area contributed by atoms with E-state index < -0.39 is 27.5 Å². The van der Waals surface area contributed by atoms with Gasteiger partial charge in [-0.1, -0.05) is 0 Å². The van der Waals surface area contributed by atoms with Crippen LogP contribution in [0.1, 0.15) is 28.8 Å². The summed E-state index contributed by atoms with van der Waals surface area (Å²) in [6.45, 7) is 1.52. The largest absolute Gasteiger partial charge is 0.493 e. The molecule has 4 N–H and O–H groups in total. The maximum Gasteiger partial charge on any atom is 0.298 e. The molecule has 2 aromatic carbocycles. The second kappa shape index (κ2) is 11.4. The summed E-state index contributed by atoms with van der Waals surface area (Å²) in [6, 6.07) is 8.79. The maximum atomic E-state index is 14.8. The Bertz CT molecular complexity index is 1610. The molecule has 1 fully saturated rings. The minimum absolute atomic E-state index is 0.00136. The molecule has 0 bridgehead atoms. The van der Waals surface area contributed by atoms with Crippen LogP contribution in [0.25, 0.3) is 0 Å². The van der Waals surface area contributed by atoms with E-state index in [2.05, 4.69) is 20.1 Å².